The first-order valence-corrected chi connectivity index (χ1v) is 6.45. The Morgan fingerprint density at radius 3 is 2.55 bits per heavy atom. The highest BCUT2D eigenvalue weighted by atomic mass is 16.5. The van der Waals surface area contributed by atoms with Crippen molar-refractivity contribution in [1.29, 1.82) is 0 Å². The molecule has 1 aliphatic heterocycles. The van der Waals surface area contributed by atoms with Gasteiger partial charge in [-0.15, -0.1) is 0 Å². The summed E-state index contributed by atoms with van der Waals surface area (Å²) in [5, 5.41) is 0. The number of hydrogen-bond donors (Lipinski definition) is 3. The third kappa shape index (κ3) is 1.95. The van der Waals surface area contributed by atoms with Crippen LogP contribution in [-0.4, -0.2) is 0 Å². The van der Waals surface area contributed by atoms with Crippen molar-refractivity contribution in [3.8, 4) is 5.75 Å². The molecule has 0 radical (unpaired) electrons. The highest BCUT2D eigenvalue weighted by molar-refractivity contribution is 5.57. The van der Waals surface area contributed by atoms with Gasteiger partial charge in [-0.1, -0.05) is 35.9 Å². The van der Waals surface area contributed by atoms with Crippen molar-refractivity contribution in [2.45, 2.75) is 12.8 Å². The molecule has 1 heterocycles. The number of allylic oxidation sites excluding steroid dienone is 1. The van der Waals surface area contributed by atoms with Crippen LogP contribution < -0.4 is 21.9 Å². The molecule has 3 rings (SSSR count). The van der Waals surface area contributed by atoms with Gasteiger partial charge in [-0.2, -0.15) is 0 Å². The van der Waals surface area contributed by atoms with Crippen LogP contribution in [0.5, 0.6) is 5.75 Å². The lowest BCUT2D eigenvalue weighted by molar-refractivity contribution is 0.388. The van der Waals surface area contributed by atoms with Gasteiger partial charge in [0.1, 0.15) is 5.75 Å². The Morgan fingerprint density at radius 2 is 1.80 bits per heavy atom. The number of rotatable bonds is 1. The van der Waals surface area contributed by atoms with Gasteiger partial charge >= 0.3 is 0 Å². The normalized spacial score (nSPS) is 17.6. The summed E-state index contributed by atoms with van der Waals surface area (Å²) in [4.78, 5) is 0. The van der Waals surface area contributed by atoms with E-state index in [2.05, 4.69) is 19.1 Å². The van der Waals surface area contributed by atoms with Gasteiger partial charge in [-0.05, 0) is 18.6 Å². The van der Waals surface area contributed by atoms with E-state index in [1.54, 1.807) is 6.07 Å². The minimum Gasteiger partial charge on any atom is -0.439 e. The minimum atomic E-state index is -0.0979. The fraction of sp³-hybridized carbons (Fsp3) is 0.125. The number of nitrogens with two attached hydrogens (primary N) is 3. The van der Waals surface area contributed by atoms with E-state index in [1.807, 2.05) is 24.3 Å². The molecular formula is C16H17N3O. The van der Waals surface area contributed by atoms with E-state index in [0.29, 0.717) is 17.1 Å². The van der Waals surface area contributed by atoms with Gasteiger partial charge in [0.05, 0.1) is 11.6 Å². The second-order valence-corrected chi connectivity index (χ2v) is 5.07. The monoisotopic (exact) mass is 267 g/mol. The van der Waals surface area contributed by atoms with Crippen LogP contribution in [-0.2, 0) is 0 Å². The first-order valence-electron chi connectivity index (χ1n) is 6.45. The van der Waals surface area contributed by atoms with E-state index < -0.39 is 0 Å². The van der Waals surface area contributed by atoms with Gasteiger partial charge in [0, 0.05) is 17.3 Å². The number of fused-ring (bicyclic) bond motifs is 1. The van der Waals surface area contributed by atoms with Gasteiger partial charge < -0.3 is 21.9 Å². The van der Waals surface area contributed by atoms with Crippen molar-refractivity contribution in [1.82, 2.24) is 0 Å². The minimum absolute atomic E-state index is 0.0979. The van der Waals surface area contributed by atoms with Gasteiger partial charge in [0.2, 0.25) is 5.88 Å². The molecule has 0 saturated carbocycles. The van der Waals surface area contributed by atoms with E-state index >= 15 is 0 Å². The fourth-order valence-electron chi connectivity index (χ4n) is 2.57. The average Bonchev–Trinajstić information content (AvgIpc) is 2.40. The van der Waals surface area contributed by atoms with Gasteiger partial charge in [-0.3, -0.25) is 0 Å². The molecule has 2 aromatic rings. The van der Waals surface area contributed by atoms with Crippen molar-refractivity contribution in [2.75, 3.05) is 5.73 Å². The summed E-state index contributed by atoms with van der Waals surface area (Å²) in [5.74, 6) is 0.817. The van der Waals surface area contributed by atoms with Crippen molar-refractivity contribution in [2.24, 2.45) is 11.5 Å². The maximum atomic E-state index is 6.16. The number of benzene rings is 2. The smallest absolute Gasteiger partial charge is 0.210 e. The van der Waals surface area contributed by atoms with Crippen LogP contribution in [0.1, 0.15) is 22.6 Å². The van der Waals surface area contributed by atoms with Crippen molar-refractivity contribution in [3.63, 3.8) is 0 Å². The van der Waals surface area contributed by atoms with Gasteiger partial charge in [0.25, 0.3) is 0 Å². The third-order valence-corrected chi connectivity index (χ3v) is 3.54. The molecule has 4 heteroatoms. The Labute approximate surface area is 117 Å². The largest absolute Gasteiger partial charge is 0.439 e. The summed E-state index contributed by atoms with van der Waals surface area (Å²) in [5.41, 5.74) is 22.3. The van der Waals surface area contributed by atoms with Crippen LogP contribution in [0.15, 0.2) is 54.0 Å². The zero-order valence-electron chi connectivity index (χ0n) is 11.3. The fourth-order valence-corrected chi connectivity index (χ4v) is 2.57. The van der Waals surface area contributed by atoms with Crippen LogP contribution in [0.2, 0.25) is 0 Å². The Balaban J connectivity index is 2.19. The second kappa shape index (κ2) is 4.49. The molecular weight excluding hydrogens is 250 g/mol. The molecule has 102 valence electrons. The molecule has 0 fully saturated rings. The predicted octanol–water partition coefficient (Wildman–Crippen LogP) is 2.19. The SMILES string of the molecule is Cc1cccc(C2C(N)=C(N)Oc3cc(N)ccc32)c1. The van der Waals surface area contributed by atoms with E-state index in [4.69, 9.17) is 21.9 Å². The molecule has 0 saturated heterocycles. The average molecular weight is 267 g/mol. The molecule has 6 N–H and O–H groups in total. The number of aryl methyl sites for hydroxylation is 1. The van der Waals surface area contributed by atoms with Crippen LogP contribution in [0.3, 0.4) is 0 Å². The maximum absolute atomic E-state index is 6.16. The van der Waals surface area contributed by atoms with Crippen molar-refractivity contribution in [3.05, 3.63) is 70.7 Å². The number of nitrogen functional groups attached to an aromatic ring is 1. The lowest BCUT2D eigenvalue weighted by Gasteiger charge is -2.27. The number of hydrogen-bond acceptors (Lipinski definition) is 4. The zero-order chi connectivity index (χ0) is 14.3. The zero-order valence-corrected chi connectivity index (χ0v) is 11.3. The van der Waals surface area contributed by atoms with Crippen molar-refractivity contribution >= 4 is 5.69 Å². The Bertz CT molecular complexity index is 707. The summed E-state index contributed by atoms with van der Waals surface area (Å²) in [7, 11) is 0. The topological polar surface area (TPSA) is 87.3 Å². The maximum Gasteiger partial charge on any atom is 0.210 e. The third-order valence-electron chi connectivity index (χ3n) is 3.54. The quantitative estimate of drug-likeness (QED) is 0.691. The van der Waals surface area contributed by atoms with Gasteiger partial charge in [-0.25, -0.2) is 0 Å². The summed E-state index contributed by atoms with van der Waals surface area (Å²) in [6.07, 6.45) is 0. The standard InChI is InChI=1S/C16H17N3O/c1-9-3-2-4-10(7-9)14-12-6-5-11(17)8-13(12)20-16(19)15(14)18/h2-8,14H,17-19H2,1H3. The van der Waals surface area contributed by atoms with E-state index in [9.17, 15) is 0 Å². The first-order chi connectivity index (χ1) is 9.56. The highest BCUT2D eigenvalue weighted by Crippen LogP contribution is 2.41. The van der Waals surface area contributed by atoms with E-state index in [1.165, 1.54) is 5.56 Å². The number of anilines is 1. The van der Waals surface area contributed by atoms with Crippen LogP contribution in [0.25, 0.3) is 0 Å². The molecule has 0 aromatic heterocycles. The van der Waals surface area contributed by atoms with Gasteiger partial charge in [0.15, 0.2) is 0 Å². The molecule has 0 aliphatic carbocycles. The van der Waals surface area contributed by atoms with E-state index in [0.717, 1.165) is 11.1 Å². The summed E-state index contributed by atoms with van der Waals surface area (Å²) in [6.45, 7) is 2.05. The molecule has 0 amide bonds. The molecule has 2 aromatic carbocycles. The highest BCUT2D eigenvalue weighted by Gasteiger charge is 2.28. The van der Waals surface area contributed by atoms with Crippen LogP contribution in [0.4, 0.5) is 5.69 Å². The molecule has 0 bridgehead atoms. The molecule has 20 heavy (non-hydrogen) atoms. The predicted molar refractivity (Wildman–Crippen MR) is 79.9 cm³/mol. The Morgan fingerprint density at radius 1 is 1.00 bits per heavy atom. The summed E-state index contributed by atoms with van der Waals surface area (Å²) >= 11 is 0. The second-order valence-electron chi connectivity index (χ2n) is 5.07. The lowest BCUT2D eigenvalue weighted by Crippen LogP contribution is -2.26. The molecule has 4 nitrogen and oxygen atoms in total. The summed E-state index contributed by atoms with van der Waals surface area (Å²) in [6, 6.07) is 13.8. The Hall–Kier alpha value is -2.62. The Kier molecular flexibility index (Phi) is 2.79. The molecule has 0 spiro atoms. The summed E-state index contributed by atoms with van der Waals surface area (Å²) < 4.78 is 5.56. The lowest BCUT2D eigenvalue weighted by atomic mass is 9.86. The molecule has 1 aliphatic rings. The van der Waals surface area contributed by atoms with Crippen LogP contribution >= 0.6 is 0 Å². The van der Waals surface area contributed by atoms with Crippen LogP contribution in [0, 0.1) is 6.92 Å². The number of ether oxygens (including phenoxy) is 1. The van der Waals surface area contributed by atoms with Crippen molar-refractivity contribution < 1.29 is 4.74 Å². The first kappa shape index (κ1) is 12.4. The molecule has 1 unspecified atom stereocenters. The molecule has 1 atom stereocenters. The van der Waals surface area contributed by atoms with E-state index in [-0.39, 0.29) is 11.8 Å².